The van der Waals surface area contributed by atoms with Crippen LogP contribution in [0.15, 0.2) is 28.7 Å². The smallest absolute Gasteiger partial charge is 0.0846 e. The van der Waals surface area contributed by atoms with Crippen LogP contribution in [0.25, 0.3) is 0 Å². The normalized spacial score (nSPS) is 12.7. The van der Waals surface area contributed by atoms with Crippen LogP contribution in [0.5, 0.6) is 0 Å². The van der Waals surface area contributed by atoms with Crippen LogP contribution in [0.2, 0.25) is 5.02 Å². The van der Waals surface area contributed by atoms with Crippen molar-refractivity contribution < 1.29 is 5.11 Å². The van der Waals surface area contributed by atoms with Gasteiger partial charge in [-0.1, -0.05) is 34.5 Å². The van der Waals surface area contributed by atoms with E-state index >= 15 is 0 Å². The molecule has 1 N–H and O–H groups in total. The molecule has 5 heteroatoms. The zero-order valence-electron chi connectivity index (χ0n) is 11.6. The van der Waals surface area contributed by atoms with Crippen molar-refractivity contribution in [1.82, 2.24) is 9.78 Å². The Kier molecular flexibility index (Phi) is 5.24. The Balaban J connectivity index is 2.22. The highest BCUT2D eigenvalue weighted by molar-refractivity contribution is 9.10. The Labute approximate surface area is 132 Å². The van der Waals surface area contributed by atoms with Gasteiger partial charge in [-0.2, -0.15) is 5.10 Å². The topological polar surface area (TPSA) is 38.0 Å². The maximum absolute atomic E-state index is 10.4. The summed E-state index contributed by atoms with van der Waals surface area (Å²) in [5.41, 5.74) is 2.92. The average molecular weight is 358 g/mol. The van der Waals surface area contributed by atoms with E-state index in [2.05, 4.69) is 40.9 Å². The van der Waals surface area contributed by atoms with E-state index in [4.69, 9.17) is 11.6 Å². The molecule has 0 aliphatic heterocycles. The summed E-state index contributed by atoms with van der Waals surface area (Å²) in [4.78, 5) is 0. The zero-order chi connectivity index (χ0) is 14.7. The second-order valence-electron chi connectivity index (χ2n) is 4.72. The van der Waals surface area contributed by atoms with Crippen LogP contribution in [0.4, 0.5) is 0 Å². The first-order valence-corrected chi connectivity index (χ1v) is 7.90. The van der Waals surface area contributed by atoms with E-state index in [0.29, 0.717) is 11.4 Å². The summed E-state index contributed by atoms with van der Waals surface area (Å²) < 4.78 is 2.82. The molecule has 2 rings (SSSR count). The minimum absolute atomic E-state index is 0.535. The lowest BCUT2D eigenvalue weighted by molar-refractivity contribution is 0.175. The second kappa shape index (κ2) is 6.74. The maximum atomic E-state index is 10.4. The molecule has 0 aliphatic rings. The molecule has 108 valence electrons. The van der Waals surface area contributed by atoms with E-state index < -0.39 is 6.10 Å². The van der Waals surface area contributed by atoms with Crippen molar-refractivity contribution in [1.29, 1.82) is 0 Å². The highest BCUT2D eigenvalue weighted by Gasteiger charge is 2.14. The number of aliphatic hydroxyl groups is 1. The Bertz CT molecular complexity index is 577. The largest absolute Gasteiger partial charge is 0.388 e. The van der Waals surface area contributed by atoms with Crippen LogP contribution in [0.1, 0.15) is 36.9 Å². The van der Waals surface area contributed by atoms with Crippen LogP contribution >= 0.6 is 27.5 Å². The van der Waals surface area contributed by atoms with Gasteiger partial charge in [-0.05, 0) is 43.2 Å². The van der Waals surface area contributed by atoms with Crippen LogP contribution in [0, 0.1) is 0 Å². The number of hydrogen-bond donors (Lipinski definition) is 1. The van der Waals surface area contributed by atoms with Gasteiger partial charge in [-0.25, -0.2) is 0 Å². The number of aromatic nitrogens is 2. The third-order valence-electron chi connectivity index (χ3n) is 3.25. The number of halogens is 2. The molecule has 1 atom stereocenters. The fourth-order valence-electron chi connectivity index (χ4n) is 2.21. The quantitative estimate of drug-likeness (QED) is 0.872. The monoisotopic (exact) mass is 356 g/mol. The highest BCUT2D eigenvalue weighted by Crippen LogP contribution is 2.26. The van der Waals surface area contributed by atoms with E-state index in [1.807, 2.05) is 16.8 Å². The Morgan fingerprint density at radius 3 is 2.65 bits per heavy atom. The first-order valence-electron chi connectivity index (χ1n) is 6.73. The van der Waals surface area contributed by atoms with Gasteiger partial charge in [0.2, 0.25) is 0 Å². The summed E-state index contributed by atoms with van der Waals surface area (Å²) in [6, 6.07) is 7.56. The SMILES string of the molecule is CCc1cc(CC(O)c2cc(Cl)cc(Br)c2)n(CC)n1. The molecule has 0 radical (unpaired) electrons. The predicted octanol–water partition coefficient (Wildman–Crippen LogP) is 4.16. The molecule has 20 heavy (non-hydrogen) atoms. The van der Waals surface area contributed by atoms with Gasteiger partial charge in [-0.3, -0.25) is 4.68 Å². The molecule has 3 nitrogen and oxygen atoms in total. The second-order valence-corrected chi connectivity index (χ2v) is 6.07. The summed E-state index contributed by atoms with van der Waals surface area (Å²) in [5.74, 6) is 0. The predicted molar refractivity (Wildman–Crippen MR) is 85.1 cm³/mol. The number of hydrogen-bond acceptors (Lipinski definition) is 2. The Morgan fingerprint density at radius 1 is 1.30 bits per heavy atom. The van der Waals surface area contributed by atoms with Crippen molar-refractivity contribution >= 4 is 27.5 Å². The van der Waals surface area contributed by atoms with E-state index in [1.165, 1.54) is 0 Å². The minimum Gasteiger partial charge on any atom is -0.388 e. The minimum atomic E-state index is -0.586. The van der Waals surface area contributed by atoms with Crippen LogP contribution in [0.3, 0.4) is 0 Å². The van der Waals surface area contributed by atoms with Crippen molar-refractivity contribution in [2.24, 2.45) is 0 Å². The van der Waals surface area contributed by atoms with Gasteiger partial charge in [0, 0.05) is 28.2 Å². The third kappa shape index (κ3) is 3.62. The van der Waals surface area contributed by atoms with E-state index in [9.17, 15) is 5.11 Å². The molecule has 0 spiro atoms. The van der Waals surface area contributed by atoms with Gasteiger partial charge in [0.15, 0.2) is 0 Å². The first kappa shape index (κ1) is 15.5. The summed E-state index contributed by atoms with van der Waals surface area (Å²) in [5, 5.41) is 15.5. The molecule has 0 fully saturated rings. The summed E-state index contributed by atoms with van der Waals surface area (Å²) >= 11 is 9.42. The zero-order valence-corrected chi connectivity index (χ0v) is 13.9. The molecule has 1 aromatic heterocycles. The molecule has 2 aromatic rings. The third-order valence-corrected chi connectivity index (χ3v) is 3.92. The lowest BCUT2D eigenvalue weighted by Crippen LogP contribution is -2.08. The Hall–Kier alpha value is -0.840. The van der Waals surface area contributed by atoms with Crippen molar-refractivity contribution in [3.63, 3.8) is 0 Å². The molecular formula is C15H18BrClN2O. The molecule has 0 saturated heterocycles. The van der Waals surface area contributed by atoms with Gasteiger partial charge in [0.1, 0.15) is 0 Å². The lowest BCUT2D eigenvalue weighted by Gasteiger charge is -2.13. The average Bonchev–Trinajstić information content (AvgIpc) is 2.79. The molecule has 1 unspecified atom stereocenters. The van der Waals surface area contributed by atoms with Gasteiger partial charge < -0.3 is 5.11 Å². The van der Waals surface area contributed by atoms with Crippen molar-refractivity contribution in [3.05, 3.63) is 50.7 Å². The molecule has 0 saturated carbocycles. The molecule has 1 heterocycles. The molecular weight excluding hydrogens is 340 g/mol. The van der Waals surface area contributed by atoms with E-state index in [0.717, 1.165) is 34.4 Å². The summed E-state index contributed by atoms with van der Waals surface area (Å²) in [7, 11) is 0. The van der Waals surface area contributed by atoms with Crippen LogP contribution in [-0.2, 0) is 19.4 Å². The first-order chi connectivity index (χ1) is 9.53. The standard InChI is InChI=1S/C15H18BrClN2O/c1-3-13-8-14(19(4-2)18-13)9-15(20)10-5-11(16)7-12(17)6-10/h5-8,15,20H,3-4,9H2,1-2H3. The number of aliphatic hydroxyl groups excluding tert-OH is 1. The molecule has 0 bridgehead atoms. The Morgan fingerprint density at radius 2 is 2.05 bits per heavy atom. The summed E-state index contributed by atoms with van der Waals surface area (Å²) in [6.07, 6.45) is 0.851. The number of rotatable bonds is 5. The molecule has 1 aromatic carbocycles. The van der Waals surface area contributed by atoms with E-state index in [1.54, 1.807) is 6.07 Å². The fourth-order valence-corrected chi connectivity index (χ4v) is 3.10. The maximum Gasteiger partial charge on any atom is 0.0846 e. The van der Waals surface area contributed by atoms with Gasteiger partial charge in [-0.15, -0.1) is 0 Å². The highest BCUT2D eigenvalue weighted by atomic mass is 79.9. The van der Waals surface area contributed by atoms with Crippen LogP contribution < -0.4 is 0 Å². The van der Waals surface area contributed by atoms with Crippen molar-refractivity contribution in [3.8, 4) is 0 Å². The molecule has 0 aliphatic carbocycles. The molecule has 0 amide bonds. The lowest BCUT2D eigenvalue weighted by atomic mass is 10.0. The number of benzene rings is 1. The van der Waals surface area contributed by atoms with Gasteiger partial charge in [0.25, 0.3) is 0 Å². The number of nitrogens with zero attached hydrogens (tertiary/aromatic N) is 2. The fraction of sp³-hybridized carbons (Fsp3) is 0.400. The van der Waals surface area contributed by atoms with Crippen molar-refractivity contribution in [2.75, 3.05) is 0 Å². The van der Waals surface area contributed by atoms with E-state index in [-0.39, 0.29) is 0 Å². The van der Waals surface area contributed by atoms with Crippen LogP contribution in [-0.4, -0.2) is 14.9 Å². The van der Waals surface area contributed by atoms with Gasteiger partial charge >= 0.3 is 0 Å². The number of aryl methyl sites for hydroxylation is 2. The van der Waals surface area contributed by atoms with Gasteiger partial charge in [0.05, 0.1) is 11.8 Å². The summed E-state index contributed by atoms with van der Waals surface area (Å²) in [6.45, 7) is 4.94. The van der Waals surface area contributed by atoms with Crippen molar-refractivity contribution in [2.45, 2.75) is 39.3 Å².